The van der Waals surface area contributed by atoms with Crippen LogP contribution < -0.4 is 10.6 Å². The first-order valence-corrected chi connectivity index (χ1v) is 7.32. The smallest absolute Gasteiger partial charge is 0.319 e. The van der Waals surface area contributed by atoms with Gasteiger partial charge in [-0.25, -0.2) is 4.79 Å². The van der Waals surface area contributed by atoms with E-state index in [1.54, 1.807) is 36.5 Å². The van der Waals surface area contributed by atoms with Crippen LogP contribution in [-0.2, 0) is 0 Å². The van der Waals surface area contributed by atoms with E-state index in [-0.39, 0.29) is 6.54 Å². The van der Waals surface area contributed by atoms with Crippen molar-refractivity contribution in [2.24, 2.45) is 0 Å². The van der Waals surface area contributed by atoms with Crippen LogP contribution in [-0.4, -0.2) is 22.7 Å². The Hall–Kier alpha value is -1.82. The maximum absolute atomic E-state index is 11.8. The van der Waals surface area contributed by atoms with Crippen molar-refractivity contribution in [3.05, 3.63) is 57.8 Å². The number of urea groups is 1. The van der Waals surface area contributed by atoms with E-state index in [9.17, 15) is 9.90 Å². The molecule has 0 saturated carbocycles. The third-order valence-electron chi connectivity index (χ3n) is 2.93. The van der Waals surface area contributed by atoms with Crippen LogP contribution in [0.25, 0.3) is 0 Å². The van der Waals surface area contributed by atoms with E-state index in [4.69, 9.17) is 23.2 Å². The van der Waals surface area contributed by atoms with Crippen LogP contribution in [0.5, 0.6) is 0 Å². The largest absolute Gasteiger partial charge is 0.387 e. The molecule has 3 N–H and O–H groups in total. The molecule has 116 valence electrons. The third kappa shape index (κ3) is 4.59. The maximum Gasteiger partial charge on any atom is 0.319 e. The van der Waals surface area contributed by atoms with Crippen molar-refractivity contribution in [1.29, 1.82) is 0 Å². The van der Waals surface area contributed by atoms with Crippen molar-refractivity contribution in [3.63, 3.8) is 0 Å². The van der Waals surface area contributed by atoms with E-state index in [1.807, 2.05) is 6.92 Å². The summed E-state index contributed by atoms with van der Waals surface area (Å²) in [6.45, 7) is 1.85. The average molecular weight is 340 g/mol. The molecule has 0 spiro atoms. The van der Waals surface area contributed by atoms with Gasteiger partial charge in [-0.05, 0) is 31.2 Å². The fraction of sp³-hybridized carbons (Fsp3) is 0.200. The number of halogens is 2. The number of benzene rings is 1. The lowest BCUT2D eigenvalue weighted by Gasteiger charge is -2.14. The Labute approximate surface area is 138 Å². The van der Waals surface area contributed by atoms with Crippen LogP contribution in [0.15, 0.2) is 36.5 Å². The number of anilines is 1. The van der Waals surface area contributed by atoms with Gasteiger partial charge in [-0.15, -0.1) is 0 Å². The average Bonchev–Trinajstić information content (AvgIpc) is 2.45. The molecule has 0 bridgehead atoms. The van der Waals surface area contributed by atoms with Gasteiger partial charge in [-0.3, -0.25) is 4.98 Å². The zero-order valence-electron chi connectivity index (χ0n) is 11.8. The van der Waals surface area contributed by atoms with Gasteiger partial charge in [-0.2, -0.15) is 0 Å². The Bertz CT molecular complexity index is 680. The standard InChI is InChI=1S/C15H15Cl2N3O2/c1-9-6-11(4-5-18-9)20-15(22)19-8-14(21)12-3-2-10(16)7-13(12)17/h2-7,14,21H,8H2,1H3,(H2,18,19,20,22). The van der Waals surface area contributed by atoms with Crippen LogP contribution in [0.2, 0.25) is 10.0 Å². The third-order valence-corrected chi connectivity index (χ3v) is 3.49. The number of aliphatic hydroxyl groups excluding tert-OH is 1. The van der Waals surface area contributed by atoms with Crippen LogP contribution in [0.1, 0.15) is 17.4 Å². The van der Waals surface area contributed by atoms with Crippen LogP contribution in [0.4, 0.5) is 10.5 Å². The topological polar surface area (TPSA) is 74.2 Å². The summed E-state index contributed by atoms with van der Waals surface area (Å²) in [5.74, 6) is 0. The molecule has 1 aromatic carbocycles. The highest BCUT2D eigenvalue weighted by Crippen LogP contribution is 2.25. The molecule has 2 amide bonds. The Morgan fingerprint density at radius 1 is 1.32 bits per heavy atom. The number of nitrogens with zero attached hydrogens (tertiary/aromatic N) is 1. The molecule has 22 heavy (non-hydrogen) atoms. The van der Waals surface area contributed by atoms with Gasteiger partial charge in [0.05, 0.1) is 6.10 Å². The second kappa shape index (κ2) is 7.45. The predicted molar refractivity (Wildman–Crippen MR) is 87.4 cm³/mol. The molecule has 0 aliphatic carbocycles. The molecule has 2 rings (SSSR count). The molecular weight excluding hydrogens is 325 g/mol. The highest BCUT2D eigenvalue weighted by Gasteiger charge is 2.13. The second-order valence-electron chi connectivity index (χ2n) is 4.70. The normalized spacial score (nSPS) is 11.8. The number of pyridine rings is 1. The Morgan fingerprint density at radius 3 is 2.77 bits per heavy atom. The van der Waals surface area contributed by atoms with Gasteiger partial charge in [0, 0.05) is 39.7 Å². The summed E-state index contributed by atoms with van der Waals surface area (Å²) in [5, 5.41) is 16.1. The van der Waals surface area contributed by atoms with Crippen LogP contribution in [0.3, 0.4) is 0 Å². The molecule has 7 heteroatoms. The molecule has 5 nitrogen and oxygen atoms in total. The van der Waals surface area contributed by atoms with E-state index >= 15 is 0 Å². The summed E-state index contributed by atoms with van der Waals surface area (Å²) in [7, 11) is 0. The maximum atomic E-state index is 11.8. The van der Waals surface area contributed by atoms with Crippen molar-refractivity contribution in [2.45, 2.75) is 13.0 Å². The van der Waals surface area contributed by atoms with Crippen molar-refractivity contribution >= 4 is 34.9 Å². The first-order valence-electron chi connectivity index (χ1n) is 6.56. The number of carbonyl (C=O) groups is 1. The fourth-order valence-electron chi connectivity index (χ4n) is 1.87. The molecule has 2 aromatic rings. The molecule has 0 aliphatic heterocycles. The van der Waals surface area contributed by atoms with Gasteiger partial charge in [0.25, 0.3) is 0 Å². The first kappa shape index (κ1) is 16.5. The predicted octanol–water partition coefficient (Wildman–Crippen LogP) is 3.55. The number of amides is 2. The monoisotopic (exact) mass is 339 g/mol. The summed E-state index contributed by atoms with van der Waals surface area (Å²) >= 11 is 11.8. The summed E-state index contributed by atoms with van der Waals surface area (Å²) in [6, 6.07) is 7.80. The van der Waals surface area contributed by atoms with Gasteiger partial charge in [0.1, 0.15) is 0 Å². The summed E-state index contributed by atoms with van der Waals surface area (Å²) in [6.07, 6.45) is 0.683. The number of aryl methyl sites for hydroxylation is 1. The lowest BCUT2D eigenvalue weighted by atomic mass is 10.1. The second-order valence-corrected chi connectivity index (χ2v) is 5.55. The van der Waals surface area contributed by atoms with E-state index in [0.717, 1.165) is 5.69 Å². The number of rotatable bonds is 4. The number of nitrogens with one attached hydrogen (secondary N) is 2. The number of aliphatic hydroxyl groups is 1. The summed E-state index contributed by atoms with van der Waals surface area (Å²) in [5.41, 5.74) is 1.93. The molecule has 1 heterocycles. The zero-order valence-corrected chi connectivity index (χ0v) is 13.3. The number of aromatic nitrogens is 1. The molecule has 1 aromatic heterocycles. The van der Waals surface area contributed by atoms with Crippen LogP contribution >= 0.6 is 23.2 Å². The molecule has 1 unspecified atom stereocenters. The molecule has 0 saturated heterocycles. The molecule has 0 radical (unpaired) electrons. The number of hydrogen-bond acceptors (Lipinski definition) is 3. The van der Waals surface area contributed by atoms with Gasteiger partial charge < -0.3 is 15.7 Å². The quantitative estimate of drug-likeness (QED) is 0.797. The SMILES string of the molecule is Cc1cc(NC(=O)NCC(O)c2ccc(Cl)cc2Cl)ccn1. The minimum absolute atomic E-state index is 0.0251. The van der Waals surface area contributed by atoms with Crippen molar-refractivity contribution in [1.82, 2.24) is 10.3 Å². The lowest BCUT2D eigenvalue weighted by molar-refractivity contribution is 0.175. The van der Waals surface area contributed by atoms with Crippen molar-refractivity contribution in [2.75, 3.05) is 11.9 Å². The Morgan fingerprint density at radius 2 is 2.09 bits per heavy atom. The van der Waals surface area contributed by atoms with Gasteiger partial charge in [-0.1, -0.05) is 29.3 Å². The summed E-state index contributed by atoms with van der Waals surface area (Å²) < 4.78 is 0. The first-order chi connectivity index (χ1) is 10.5. The molecule has 0 fully saturated rings. The van der Waals surface area contributed by atoms with E-state index < -0.39 is 12.1 Å². The lowest BCUT2D eigenvalue weighted by Crippen LogP contribution is -2.32. The van der Waals surface area contributed by atoms with Crippen molar-refractivity contribution in [3.8, 4) is 0 Å². The summed E-state index contributed by atoms with van der Waals surface area (Å²) in [4.78, 5) is 15.8. The van der Waals surface area contributed by atoms with E-state index in [1.165, 1.54) is 0 Å². The molecular formula is C15H15Cl2N3O2. The number of hydrogen-bond donors (Lipinski definition) is 3. The van der Waals surface area contributed by atoms with Gasteiger partial charge in [0.2, 0.25) is 0 Å². The highest BCUT2D eigenvalue weighted by atomic mass is 35.5. The molecule has 0 aliphatic rings. The van der Waals surface area contributed by atoms with E-state index in [0.29, 0.717) is 21.3 Å². The number of carbonyl (C=O) groups excluding carboxylic acids is 1. The zero-order chi connectivity index (χ0) is 16.1. The molecule has 1 atom stereocenters. The van der Waals surface area contributed by atoms with Crippen molar-refractivity contribution < 1.29 is 9.90 Å². The Balaban J connectivity index is 1.90. The van der Waals surface area contributed by atoms with Gasteiger partial charge in [0.15, 0.2) is 0 Å². The fourth-order valence-corrected chi connectivity index (χ4v) is 2.40. The minimum Gasteiger partial charge on any atom is -0.387 e. The Kier molecular flexibility index (Phi) is 5.60. The van der Waals surface area contributed by atoms with Gasteiger partial charge >= 0.3 is 6.03 Å². The highest BCUT2D eigenvalue weighted by molar-refractivity contribution is 6.35. The minimum atomic E-state index is -0.922. The van der Waals surface area contributed by atoms with E-state index in [2.05, 4.69) is 15.6 Å². The van der Waals surface area contributed by atoms with Crippen LogP contribution in [0, 0.1) is 6.92 Å².